The SMILES string of the molecule is O=C(O)Cc1ncc(Cl)cc1-c1c(Cl)cc(Cl)cc1Cl. The van der Waals surface area contributed by atoms with Crippen molar-refractivity contribution >= 4 is 52.4 Å². The van der Waals surface area contributed by atoms with Crippen molar-refractivity contribution in [3.8, 4) is 11.1 Å². The lowest BCUT2D eigenvalue weighted by Gasteiger charge is -2.12. The molecule has 0 aliphatic carbocycles. The van der Waals surface area contributed by atoms with Gasteiger partial charge in [-0.05, 0) is 18.2 Å². The summed E-state index contributed by atoms with van der Waals surface area (Å²) in [6.07, 6.45) is 1.11. The molecule has 2 aromatic rings. The molecular weight excluding hydrogens is 344 g/mol. The van der Waals surface area contributed by atoms with Gasteiger partial charge in [-0.1, -0.05) is 46.4 Å². The van der Waals surface area contributed by atoms with Crippen LogP contribution in [-0.2, 0) is 11.2 Å². The number of carboxylic acids is 1. The molecule has 0 bridgehead atoms. The highest BCUT2D eigenvalue weighted by molar-refractivity contribution is 6.42. The van der Waals surface area contributed by atoms with Crippen molar-refractivity contribution in [2.45, 2.75) is 6.42 Å². The molecule has 1 heterocycles. The first-order valence-corrected chi connectivity index (χ1v) is 6.91. The fraction of sp³-hybridized carbons (Fsp3) is 0.0769. The predicted molar refractivity (Wildman–Crippen MR) is 81.1 cm³/mol. The van der Waals surface area contributed by atoms with E-state index in [1.807, 2.05) is 0 Å². The van der Waals surface area contributed by atoms with Gasteiger partial charge in [0.1, 0.15) is 0 Å². The number of aliphatic carboxylic acids is 1. The number of hydrogen-bond donors (Lipinski definition) is 1. The van der Waals surface area contributed by atoms with E-state index in [9.17, 15) is 4.79 Å². The fourth-order valence-corrected chi connectivity index (χ4v) is 2.95. The molecule has 0 aliphatic rings. The quantitative estimate of drug-likeness (QED) is 0.848. The number of nitrogens with zero attached hydrogens (tertiary/aromatic N) is 1. The molecule has 104 valence electrons. The molecule has 0 fully saturated rings. The van der Waals surface area contributed by atoms with E-state index in [1.165, 1.54) is 18.3 Å². The maximum Gasteiger partial charge on any atom is 0.309 e. The number of halogens is 4. The van der Waals surface area contributed by atoms with Crippen LogP contribution >= 0.6 is 46.4 Å². The molecule has 7 heteroatoms. The second-order valence-electron chi connectivity index (χ2n) is 3.96. The van der Waals surface area contributed by atoms with E-state index in [1.54, 1.807) is 6.07 Å². The Morgan fingerprint density at radius 1 is 1.05 bits per heavy atom. The Morgan fingerprint density at radius 2 is 1.65 bits per heavy atom. The van der Waals surface area contributed by atoms with Crippen molar-refractivity contribution in [2.75, 3.05) is 0 Å². The highest BCUT2D eigenvalue weighted by atomic mass is 35.5. The topological polar surface area (TPSA) is 50.2 Å². The lowest BCUT2D eigenvalue weighted by atomic mass is 10.0. The maximum absolute atomic E-state index is 10.9. The second-order valence-corrected chi connectivity index (χ2v) is 5.65. The summed E-state index contributed by atoms with van der Waals surface area (Å²) in [4.78, 5) is 14.9. The van der Waals surface area contributed by atoms with Crippen LogP contribution in [0.4, 0.5) is 0 Å². The van der Waals surface area contributed by atoms with Gasteiger partial charge < -0.3 is 5.11 Å². The number of rotatable bonds is 3. The van der Waals surface area contributed by atoms with Crippen LogP contribution in [0.3, 0.4) is 0 Å². The van der Waals surface area contributed by atoms with Crippen LogP contribution in [0, 0.1) is 0 Å². The standard InChI is InChI=1S/C13H7Cl4NO2/c14-6-2-9(16)13(10(17)3-6)8-1-7(15)5-18-11(8)4-12(19)20/h1-3,5H,4H2,(H,19,20). The summed E-state index contributed by atoms with van der Waals surface area (Å²) in [6.45, 7) is 0. The Kier molecular flexibility index (Phi) is 4.76. The highest BCUT2D eigenvalue weighted by Crippen LogP contribution is 2.39. The zero-order valence-electron chi connectivity index (χ0n) is 9.83. The molecule has 3 nitrogen and oxygen atoms in total. The van der Waals surface area contributed by atoms with Crippen LogP contribution in [0.25, 0.3) is 11.1 Å². The normalized spacial score (nSPS) is 10.6. The molecule has 0 saturated carbocycles. The molecule has 1 aromatic carbocycles. The Balaban J connectivity index is 2.68. The number of pyridine rings is 1. The lowest BCUT2D eigenvalue weighted by molar-refractivity contribution is -0.136. The Bertz CT molecular complexity index is 665. The van der Waals surface area contributed by atoms with Crippen molar-refractivity contribution in [1.29, 1.82) is 0 Å². The van der Waals surface area contributed by atoms with E-state index in [4.69, 9.17) is 51.5 Å². The van der Waals surface area contributed by atoms with E-state index in [0.717, 1.165) is 0 Å². The van der Waals surface area contributed by atoms with Crippen LogP contribution in [0.15, 0.2) is 24.4 Å². The van der Waals surface area contributed by atoms with Crippen LogP contribution in [0.1, 0.15) is 5.69 Å². The summed E-state index contributed by atoms with van der Waals surface area (Å²) in [5, 5.41) is 10.3. The summed E-state index contributed by atoms with van der Waals surface area (Å²) in [5.41, 5.74) is 1.27. The smallest absolute Gasteiger partial charge is 0.309 e. The third-order valence-corrected chi connectivity index (χ3v) is 3.55. The third-order valence-electron chi connectivity index (χ3n) is 2.53. The van der Waals surface area contributed by atoms with Crippen molar-refractivity contribution in [1.82, 2.24) is 4.98 Å². The molecule has 1 aromatic heterocycles. The van der Waals surface area contributed by atoms with E-state index in [0.29, 0.717) is 36.9 Å². The largest absolute Gasteiger partial charge is 0.481 e. The van der Waals surface area contributed by atoms with Gasteiger partial charge in [-0.2, -0.15) is 0 Å². The highest BCUT2D eigenvalue weighted by Gasteiger charge is 2.17. The first-order chi connectivity index (χ1) is 9.38. The van der Waals surface area contributed by atoms with E-state index in [-0.39, 0.29) is 6.42 Å². The monoisotopic (exact) mass is 349 g/mol. The van der Waals surface area contributed by atoms with Crippen molar-refractivity contribution < 1.29 is 9.90 Å². The van der Waals surface area contributed by atoms with Gasteiger partial charge in [-0.25, -0.2) is 0 Å². The van der Waals surface area contributed by atoms with Gasteiger partial charge in [0.05, 0.1) is 27.2 Å². The van der Waals surface area contributed by atoms with E-state index < -0.39 is 5.97 Å². The van der Waals surface area contributed by atoms with Crippen LogP contribution in [-0.4, -0.2) is 16.1 Å². The van der Waals surface area contributed by atoms with Gasteiger partial charge in [-0.3, -0.25) is 9.78 Å². The zero-order chi connectivity index (χ0) is 14.9. The molecule has 0 aliphatic heterocycles. The molecule has 0 saturated heterocycles. The molecular formula is C13H7Cl4NO2. The number of hydrogen-bond acceptors (Lipinski definition) is 2. The number of aromatic nitrogens is 1. The molecule has 0 amide bonds. The molecule has 1 N–H and O–H groups in total. The van der Waals surface area contributed by atoms with Crippen molar-refractivity contribution in [3.05, 3.63) is 50.2 Å². The van der Waals surface area contributed by atoms with Gasteiger partial charge in [0.2, 0.25) is 0 Å². The molecule has 20 heavy (non-hydrogen) atoms. The van der Waals surface area contributed by atoms with Gasteiger partial charge in [0.15, 0.2) is 0 Å². The summed E-state index contributed by atoms with van der Waals surface area (Å²) in [5.74, 6) is -1.01. The van der Waals surface area contributed by atoms with Gasteiger partial charge in [0.25, 0.3) is 0 Å². The van der Waals surface area contributed by atoms with Gasteiger partial charge in [0, 0.05) is 22.3 Å². The first kappa shape index (κ1) is 15.4. The Hall–Kier alpha value is -1.000. The summed E-state index contributed by atoms with van der Waals surface area (Å²) < 4.78 is 0. The van der Waals surface area contributed by atoms with Gasteiger partial charge >= 0.3 is 5.97 Å². The first-order valence-electron chi connectivity index (χ1n) is 5.39. The predicted octanol–water partition coefficient (Wildman–Crippen LogP) is 4.99. The third kappa shape index (κ3) is 3.36. The lowest BCUT2D eigenvalue weighted by Crippen LogP contribution is -2.04. The summed E-state index contributed by atoms with van der Waals surface area (Å²) in [6, 6.07) is 4.62. The summed E-state index contributed by atoms with van der Waals surface area (Å²) in [7, 11) is 0. The molecule has 0 atom stereocenters. The molecule has 0 spiro atoms. The molecule has 0 unspecified atom stereocenters. The van der Waals surface area contributed by atoms with Crippen LogP contribution in [0.2, 0.25) is 20.1 Å². The molecule has 0 radical (unpaired) electrons. The number of carbonyl (C=O) groups is 1. The molecule has 2 rings (SSSR count). The van der Waals surface area contributed by atoms with Crippen molar-refractivity contribution in [3.63, 3.8) is 0 Å². The second kappa shape index (κ2) is 6.19. The fourth-order valence-electron chi connectivity index (χ4n) is 1.77. The average Bonchev–Trinajstić information content (AvgIpc) is 2.30. The minimum absolute atomic E-state index is 0.262. The van der Waals surface area contributed by atoms with E-state index in [2.05, 4.69) is 4.98 Å². The Morgan fingerprint density at radius 3 is 2.20 bits per heavy atom. The minimum Gasteiger partial charge on any atom is -0.481 e. The van der Waals surface area contributed by atoms with Gasteiger partial charge in [-0.15, -0.1) is 0 Å². The minimum atomic E-state index is -1.01. The van der Waals surface area contributed by atoms with Crippen LogP contribution in [0.5, 0.6) is 0 Å². The zero-order valence-corrected chi connectivity index (χ0v) is 12.9. The number of benzene rings is 1. The number of carboxylic acid groups (broad SMARTS) is 1. The average molecular weight is 351 g/mol. The van der Waals surface area contributed by atoms with Crippen molar-refractivity contribution in [2.24, 2.45) is 0 Å². The Labute approximate surface area is 135 Å². The van der Waals surface area contributed by atoms with E-state index >= 15 is 0 Å². The maximum atomic E-state index is 10.9. The van der Waals surface area contributed by atoms with Crippen LogP contribution < -0.4 is 0 Å². The summed E-state index contributed by atoms with van der Waals surface area (Å²) >= 11 is 24.1.